The summed E-state index contributed by atoms with van der Waals surface area (Å²) in [6.45, 7) is 2.98. The first-order valence-corrected chi connectivity index (χ1v) is 9.07. The van der Waals surface area contributed by atoms with Gasteiger partial charge >= 0.3 is 0 Å². The van der Waals surface area contributed by atoms with Gasteiger partial charge in [0.2, 0.25) is 11.9 Å². The van der Waals surface area contributed by atoms with E-state index in [-0.39, 0.29) is 17.7 Å². The number of anilines is 1. The lowest BCUT2D eigenvalue weighted by Crippen LogP contribution is -2.44. The molecule has 1 aromatic carbocycles. The first kappa shape index (κ1) is 18.8. The number of benzene rings is 1. The predicted molar refractivity (Wildman–Crippen MR) is 104 cm³/mol. The van der Waals surface area contributed by atoms with E-state index in [2.05, 4.69) is 9.97 Å². The quantitative estimate of drug-likeness (QED) is 0.890. The third-order valence-electron chi connectivity index (χ3n) is 4.78. The zero-order valence-corrected chi connectivity index (χ0v) is 16.0. The molecule has 1 atom stereocenters. The van der Waals surface area contributed by atoms with E-state index in [1.165, 1.54) is 0 Å². The van der Waals surface area contributed by atoms with Crippen LogP contribution in [0.4, 0.5) is 5.95 Å². The number of carbonyl (C=O) groups is 2. The number of carbonyl (C=O) groups excluding carboxylic acids is 2. The Bertz CT molecular complexity index is 848. The van der Waals surface area contributed by atoms with Gasteiger partial charge in [-0.1, -0.05) is 12.1 Å². The molecule has 0 unspecified atom stereocenters. The number of rotatable bonds is 4. The smallest absolute Gasteiger partial charge is 0.253 e. The molecule has 2 amide bonds. The van der Waals surface area contributed by atoms with Crippen LogP contribution in [0.3, 0.4) is 0 Å². The molecule has 1 fully saturated rings. The zero-order valence-electron chi connectivity index (χ0n) is 16.0. The molecule has 0 spiro atoms. The lowest BCUT2D eigenvalue weighted by molar-refractivity contribution is -0.123. The molecule has 0 radical (unpaired) electrons. The number of hydrogen-bond acceptors (Lipinski definition) is 5. The van der Waals surface area contributed by atoms with Gasteiger partial charge in [0.05, 0.1) is 11.6 Å². The van der Waals surface area contributed by atoms with Crippen LogP contribution in [0.2, 0.25) is 0 Å². The molecule has 7 nitrogen and oxygen atoms in total. The van der Waals surface area contributed by atoms with E-state index in [0.717, 1.165) is 29.8 Å². The summed E-state index contributed by atoms with van der Waals surface area (Å²) >= 11 is 0. The van der Waals surface area contributed by atoms with Crippen molar-refractivity contribution in [3.63, 3.8) is 0 Å². The Kier molecular flexibility index (Phi) is 5.39. The van der Waals surface area contributed by atoms with E-state index in [1.54, 1.807) is 17.0 Å². The second-order valence-corrected chi connectivity index (χ2v) is 7.16. The molecule has 1 aliphatic heterocycles. The monoisotopic (exact) mass is 367 g/mol. The van der Waals surface area contributed by atoms with Crippen LogP contribution in [-0.4, -0.2) is 53.9 Å². The third-order valence-corrected chi connectivity index (χ3v) is 4.78. The Hall–Kier alpha value is -2.96. The minimum Gasteiger partial charge on any atom is -0.369 e. The molecule has 142 valence electrons. The van der Waals surface area contributed by atoms with Crippen LogP contribution in [0.25, 0.3) is 11.3 Å². The molecule has 2 aromatic rings. The van der Waals surface area contributed by atoms with Gasteiger partial charge in [0.25, 0.3) is 5.91 Å². The Morgan fingerprint density at radius 2 is 1.89 bits per heavy atom. The molecule has 1 aromatic heterocycles. The zero-order chi connectivity index (χ0) is 19.6. The maximum atomic E-state index is 12.8. The Morgan fingerprint density at radius 3 is 2.52 bits per heavy atom. The number of likely N-dealkylation sites (tertiary alicyclic amines) is 1. The minimum atomic E-state index is -0.335. The molecule has 2 heterocycles. The van der Waals surface area contributed by atoms with Crippen molar-refractivity contribution in [1.29, 1.82) is 0 Å². The van der Waals surface area contributed by atoms with Crippen molar-refractivity contribution in [3.8, 4) is 11.3 Å². The average Bonchev–Trinajstić information content (AvgIpc) is 2.67. The fourth-order valence-corrected chi connectivity index (χ4v) is 3.26. The fourth-order valence-electron chi connectivity index (χ4n) is 3.26. The lowest BCUT2D eigenvalue weighted by atomic mass is 9.96. The topological polar surface area (TPSA) is 92.4 Å². The van der Waals surface area contributed by atoms with E-state index in [4.69, 9.17) is 5.73 Å². The van der Waals surface area contributed by atoms with Crippen LogP contribution in [0, 0.1) is 12.8 Å². The summed E-state index contributed by atoms with van der Waals surface area (Å²) < 4.78 is 0. The summed E-state index contributed by atoms with van der Waals surface area (Å²) in [7, 11) is 3.80. The van der Waals surface area contributed by atoms with E-state index in [1.807, 2.05) is 44.1 Å². The molecule has 0 saturated carbocycles. The second-order valence-electron chi connectivity index (χ2n) is 7.16. The summed E-state index contributed by atoms with van der Waals surface area (Å²) in [5, 5.41) is 0. The van der Waals surface area contributed by atoms with E-state index in [0.29, 0.717) is 24.6 Å². The third kappa shape index (κ3) is 4.24. The number of aromatic nitrogens is 2. The fraction of sp³-hybridized carbons (Fsp3) is 0.400. The number of aryl methyl sites for hydroxylation is 1. The number of primary amides is 1. The summed E-state index contributed by atoms with van der Waals surface area (Å²) in [4.78, 5) is 36.7. The largest absolute Gasteiger partial charge is 0.369 e. The highest BCUT2D eigenvalue weighted by Gasteiger charge is 2.27. The Morgan fingerprint density at radius 1 is 1.19 bits per heavy atom. The van der Waals surface area contributed by atoms with Gasteiger partial charge < -0.3 is 15.5 Å². The van der Waals surface area contributed by atoms with Gasteiger partial charge in [-0.15, -0.1) is 0 Å². The minimum absolute atomic E-state index is 0.0691. The summed E-state index contributed by atoms with van der Waals surface area (Å²) in [5.41, 5.74) is 8.63. The number of hydrogen-bond donors (Lipinski definition) is 1. The molecule has 7 heteroatoms. The van der Waals surface area contributed by atoms with Crippen molar-refractivity contribution < 1.29 is 9.59 Å². The van der Waals surface area contributed by atoms with Crippen LogP contribution in [0.5, 0.6) is 0 Å². The van der Waals surface area contributed by atoms with Crippen molar-refractivity contribution in [3.05, 3.63) is 41.6 Å². The SMILES string of the molecule is Cc1cc(-c2ccc(C(=O)N3CCC[C@@H](C(N)=O)C3)cc2)nc(N(C)C)n1. The van der Waals surface area contributed by atoms with Gasteiger partial charge in [-0.05, 0) is 38.0 Å². The van der Waals surface area contributed by atoms with Crippen LogP contribution < -0.4 is 10.6 Å². The average molecular weight is 367 g/mol. The van der Waals surface area contributed by atoms with Crippen LogP contribution in [0.15, 0.2) is 30.3 Å². The van der Waals surface area contributed by atoms with Crippen molar-refractivity contribution in [1.82, 2.24) is 14.9 Å². The maximum Gasteiger partial charge on any atom is 0.253 e. The molecule has 27 heavy (non-hydrogen) atoms. The van der Waals surface area contributed by atoms with Crippen LogP contribution in [0.1, 0.15) is 28.9 Å². The predicted octanol–water partition coefficient (Wildman–Crippen LogP) is 1.86. The van der Waals surface area contributed by atoms with E-state index < -0.39 is 0 Å². The molecule has 0 aliphatic carbocycles. The molecule has 0 bridgehead atoms. The summed E-state index contributed by atoms with van der Waals surface area (Å²) in [6.07, 6.45) is 1.55. The van der Waals surface area contributed by atoms with E-state index in [9.17, 15) is 9.59 Å². The van der Waals surface area contributed by atoms with Crippen molar-refractivity contribution in [2.75, 3.05) is 32.1 Å². The van der Waals surface area contributed by atoms with Crippen LogP contribution in [-0.2, 0) is 4.79 Å². The number of nitrogens with zero attached hydrogens (tertiary/aromatic N) is 4. The lowest BCUT2D eigenvalue weighted by Gasteiger charge is -2.31. The van der Waals surface area contributed by atoms with Crippen LogP contribution >= 0.6 is 0 Å². The Balaban J connectivity index is 1.79. The van der Waals surface area contributed by atoms with Gasteiger partial charge in [0.15, 0.2) is 0 Å². The number of amides is 2. The normalized spacial score (nSPS) is 16.9. The highest BCUT2D eigenvalue weighted by atomic mass is 16.2. The first-order chi connectivity index (χ1) is 12.8. The molecule has 1 aliphatic rings. The summed E-state index contributed by atoms with van der Waals surface area (Å²) in [5.74, 6) is -0.00888. The van der Waals surface area contributed by atoms with Gasteiger partial charge in [0.1, 0.15) is 0 Å². The highest BCUT2D eigenvalue weighted by molar-refractivity contribution is 5.95. The molecule has 1 saturated heterocycles. The molecule has 2 N–H and O–H groups in total. The highest BCUT2D eigenvalue weighted by Crippen LogP contribution is 2.23. The van der Waals surface area contributed by atoms with Gasteiger partial charge in [-0.3, -0.25) is 9.59 Å². The summed E-state index contributed by atoms with van der Waals surface area (Å²) in [6, 6.07) is 9.32. The first-order valence-electron chi connectivity index (χ1n) is 9.07. The Labute approximate surface area is 159 Å². The van der Waals surface area contributed by atoms with Crippen molar-refractivity contribution >= 4 is 17.8 Å². The molecular formula is C20H25N5O2. The number of nitrogens with two attached hydrogens (primary N) is 1. The van der Waals surface area contributed by atoms with Gasteiger partial charge in [-0.2, -0.15) is 0 Å². The van der Waals surface area contributed by atoms with Gasteiger partial charge in [0, 0.05) is 44.0 Å². The standard InChI is InChI=1S/C20H25N5O2/c1-13-11-17(23-20(22-13)24(2)3)14-6-8-15(9-7-14)19(27)25-10-4-5-16(12-25)18(21)26/h6-9,11,16H,4-5,10,12H2,1-3H3,(H2,21,26)/t16-/m1/s1. The second kappa shape index (κ2) is 7.73. The maximum absolute atomic E-state index is 12.8. The van der Waals surface area contributed by atoms with Crippen molar-refractivity contribution in [2.24, 2.45) is 11.7 Å². The molecule has 3 rings (SSSR count). The van der Waals surface area contributed by atoms with Gasteiger partial charge in [-0.25, -0.2) is 9.97 Å². The number of piperidine rings is 1. The molecular weight excluding hydrogens is 342 g/mol. The van der Waals surface area contributed by atoms with E-state index >= 15 is 0 Å². The van der Waals surface area contributed by atoms with Crippen molar-refractivity contribution in [2.45, 2.75) is 19.8 Å².